The van der Waals surface area contributed by atoms with E-state index in [1.807, 2.05) is 73.0 Å². The summed E-state index contributed by atoms with van der Waals surface area (Å²) >= 11 is 0. The summed E-state index contributed by atoms with van der Waals surface area (Å²) in [5.74, 6) is 0.343. The van der Waals surface area contributed by atoms with Gasteiger partial charge >= 0.3 is 0 Å². The number of nitrogens with zero attached hydrogens (tertiary/aromatic N) is 4. The third kappa shape index (κ3) is 3.91. The number of benzene rings is 2. The lowest BCUT2D eigenvalue weighted by atomic mass is 10.1. The van der Waals surface area contributed by atoms with Crippen molar-refractivity contribution in [1.82, 2.24) is 14.5 Å². The average molecular weight is 418 g/mol. The molecule has 2 amide bonds. The molecule has 2 aromatic carbocycles. The number of hydrogen-bond acceptors (Lipinski definition) is 4. The molecule has 0 unspecified atom stereocenters. The lowest BCUT2D eigenvalue weighted by Gasteiger charge is -2.22. The molecule has 7 nitrogen and oxygen atoms in total. The maximum Gasteiger partial charge on any atom is 0.291 e. The molecule has 0 spiro atoms. The number of amides is 2. The summed E-state index contributed by atoms with van der Waals surface area (Å²) in [6, 6.07) is 17.3. The molecule has 0 saturated carbocycles. The smallest absolute Gasteiger partial charge is 0.291 e. The number of likely N-dealkylation sites (N-methyl/N-ethyl adjacent to an activating group) is 1. The van der Waals surface area contributed by atoms with Crippen LogP contribution < -0.4 is 4.74 Å². The molecule has 1 aliphatic rings. The predicted molar refractivity (Wildman–Crippen MR) is 120 cm³/mol. The molecular weight excluding hydrogens is 392 g/mol. The van der Waals surface area contributed by atoms with Gasteiger partial charge in [0.05, 0.1) is 19.4 Å². The predicted octanol–water partition coefficient (Wildman–Crippen LogP) is 3.38. The molecule has 2 heterocycles. The zero-order chi connectivity index (χ0) is 22.0. The van der Waals surface area contributed by atoms with Gasteiger partial charge in [-0.05, 0) is 55.8 Å². The molecule has 31 heavy (non-hydrogen) atoms. The summed E-state index contributed by atoms with van der Waals surface area (Å²) in [4.78, 5) is 27.9. The highest BCUT2D eigenvalue weighted by molar-refractivity contribution is 6.07. The second-order valence-electron chi connectivity index (χ2n) is 7.38. The number of fused-ring (bicyclic) bond motifs is 3. The Morgan fingerprint density at radius 1 is 1.10 bits per heavy atom. The van der Waals surface area contributed by atoms with Crippen molar-refractivity contribution in [2.24, 2.45) is 5.10 Å². The molecule has 0 radical (unpaired) electrons. The molecule has 0 bridgehead atoms. The Balaban J connectivity index is 1.80. The number of para-hydroxylation sites is 1. The number of methoxy groups -OCH3 is 1. The Kier molecular flexibility index (Phi) is 5.75. The van der Waals surface area contributed by atoms with E-state index in [4.69, 9.17) is 4.74 Å². The van der Waals surface area contributed by atoms with Crippen LogP contribution in [0.25, 0.3) is 10.9 Å². The van der Waals surface area contributed by atoms with E-state index in [-0.39, 0.29) is 18.4 Å². The number of carbonyl (C=O) groups is 2. The molecule has 0 N–H and O–H groups in total. The average Bonchev–Trinajstić information content (AvgIpc) is 3.10. The Labute approximate surface area is 181 Å². The maximum absolute atomic E-state index is 13.4. The zero-order valence-electron chi connectivity index (χ0n) is 18.0. The van der Waals surface area contributed by atoms with Crippen LogP contribution in [0.15, 0.2) is 59.7 Å². The first-order valence-corrected chi connectivity index (χ1v) is 10.5. The summed E-state index contributed by atoms with van der Waals surface area (Å²) in [5, 5.41) is 6.95. The fraction of sp³-hybridized carbons (Fsp3) is 0.292. The third-order valence-corrected chi connectivity index (χ3v) is 5.64. The summed E-state index contributed by atoms with van der Waals surface area (Å²) in [6.45, 7) is 5.36. The summed E-state index contributed by atoms with van der Waals surface area (Å²) in [6.07, 6.45) is 0. The fourth-order valence-electron chi connectivity index (χ4n) is 3.91. The van der Waals surface area contributed by atoms with Gasteiger partial charge in [0.1, 0.15) is 18.0 Å². The SMILES string of the molecule is CCN(CC)C(=O)CN1N=C(c2ccc(OC)cc2)Cn2c(cc3ccccc32)C1=O. The zero-order valence-corrected chi connectivity index (χ0v) is 18.0. The minimum Gasteiger partial charge on any atom is -0.497 e. The van der Waals surface area contributed by atoms with Gasteiger partial charge in [-0.2, -0.15) is 5.10 Å². The quantitative estimate of drug-likeness (QED) is 0.616. The van der Waals surface area contributed by atoms with Crippen LogP contribution in [0.1, 0.15) is 29.9 Å². The molecule has 7 heteroatoms. The third-order valence-electron chi connectivity index (χ3n) is 5.64. The second-order valence-corrected chi connectivity index (χ2v) is 7.38. The Morgan fingerprint density at radius 2 is 1.81 bits per heavy atom. The second kappa shape index (κ2) is 8.63. The van der Waals surface area contributed by atoms with Crippen LogP contribution in [0.4, 0.5) is 0 Å². The van der Waals surface area contributed by atoms with Gasteiger partial charge in [0.25, 0.3) is 5.91 Å². The van der Waals surface area contributed by atoms with Gasteiger partial charge in [0, 0.05) is 24.0 Å². The number of hydrazone groups is 1. The normalized spacial score (nSPS) is 13.6. The van der Waals surface area contributed by atoms with E-state index in [9.17, 15) is 9.59 Å². The first-order valence-electron chi connectivity index (χ1n) is 10.5. The molecule has 4 rings (SSSR count). The van der Waals surface area contributed by atoms with Gasteiger partial charge in [-0.1, -0.05) is 18.2 Å². The monoisotopic (exact) mass is 418 g/mol. The molecule has 0 fully saturated rings. The summed E-state index contributed by atoms with van der Waals surface area (Å²) in [5.41, 5.74) is 3.08. The van der Waals surface area contributed by atoms with Crippen LogP contribution in [-0.2, 0) is 11.3 Å². The fourth-order valence-corrected chi connectivity index (χ4v) is 3.91. The van der Waals surface area contributed by atoms with Crippen molar-refractivity contribution in [3.63, 3.8) is 0 Å². The first-order chi connectivity index (χ1) is 15.0. The molecule has 0 aliphatic carbocycles. The van der Waals surface area contributed by atoms with Crippen LogP contribution in [-0.4, -0.2) is 58.7 Å². The van der Waals surface area contributed by atoms with Crippen molar-refractivity contribution < 1.29 is 14.3 Å². The Bertz CT molecular complexity index is 1140. The molecule has 3 aromatic rings. The highest BCUT2D eigenvalue weighted by Crippen LogP contribution is 2.25. The Hall–Kier alpha value is -3.61. The molecule has 0 atom stereocenters. The van der Waals surface area contributed by atoms with E-state index in [0.29, 0.717) is 31.0 Å². The number of aromatic nitrogens is 1. The van der Waals surface area contributed by atoms with Crippen LogP contribution in [0.2, 0.25) is 0 Å². The van der Waals surface area contributed by atoms with E-state index in [1.165, 1.54) is 5.01 Å². The minimum absolute atomic E-state index is 0.0955. The number of hydrogen-bond donors (Lipinski definition) is 0. The topological polar surface area (TPSA) is 67.1 Å². The van der Waals surface area contributed by atoms with E-state index in [1.54, 1.807) is 12.0 Å². The lowest BCUT2D eigenvalue weighted by Crippen LogP contribution is -2.40. The van der Waals surface area contributed by atoms with Crippen molar-refractivity contribution in [3.05, 3.63) is 65.9 Å². The van der Waals surface area contributed by atoms with Gasteiger partial charge in [-0.15, -0.1) is 0 Å². The van der Waals surface area contributed by atoms with Gasteiger partial charge in [0.2, 0.25) is 5.91 Å². The van der Waals surface area contributed by atoms with Crippen LogP contribution >= 0.6 is 0 Å². The van der Waals surface area contributed by atoms with E-state index in [0.717, 1.165) is 22.2 Å². The van der Waals surface area contributed by atoms with E-state index < -0.39 is 0 Å². The van der Waals surface area contributed by atoms with Crippen LogP contribution in [0.5, 0.6) is 5.75 Å². The first kappa shape index (κ1) is 20.7. The van der Waals surface area contributed by atoms with Gasteiger partial charge in [-0.3, -0.25) is 9.59 Å². The molecular formula is C24H26N4O3. The number of rotatable bonds is 6. The van der Waals surface area contributed by atoms with Crippen molar-refractivity contribution >= 4 is 28.4 Å². The lowest BCUT2D eigenvalue weighted by molar-refractivity contribution is -0.131. The molecule has 0 saturated heterocycles. The summed E-state index contributed by atoms with van der Waals surface area (Å²) in [7, 11) is 1.62. The van der Waals surface area contributed by atoms with Gasteiger partial charge < -0.3 is 14.2 Å². The van der Waals surface area contributed by atoms with Gasteiger partial charge in [0.15, 0.2) is 0 Å². The van der Waals surface area contributed by atoms with Crippen molar-refractivity contribution in [2.45, 2.75) is 20.4 Å². The standard InChI is InChI=1S/C24H26N4O3/c1-4-26(5-2)23(29)16-28-24(30)22-14-18-8-6-7-9-21(18)27(22)15-20(25-28)17-10-12-19(31-3)13-11-17/h6-14H,4-5,15-16H2,1-3H3. The molecule has 1 aromatic heterocycles. The van der Waals surface area contributed by atoms with Crippen LogP contribution in [0.3, 0.4) is 0 Å². The minimum atomic E-state index is -0.278. The maximum atomic E-state index is 13.4. The number of ether oxygens (including phenoxy) is 1. The van der Waals surface area contributed by atoms with Crippen molar-refractivity contribution in [3.8, 4) is 5.75 Å². The molecule has 160 valence electrons. The van der Waals surface area contributed by atoms with E-state index >= 15 is 0 Å². The van der Waals surface area contributed by atoms with Crippen LogP contribution in [0, 0.1) is 0 Å². The summed E-state index contributed by atoms with van der Waals surface area (Å²) < 4.78 is 7.24. The van der Waals surface area contributed by atoms with Crippen molar-refractivity contribution in [2.75, 3.05) is 26.7 Å². The van der Waals surface area contributed by atoms with Gasteiger partial charge in [-0.25, -0.2) is 5.01 Å². The van der Waals surface area contributed by atoms with E-state index in [2.05, 4.69) is 5.10 Å². The number of carbonyl (C=O) groups excluding carboxylic acids is 2. The largest absolute Gasteiger partial charge is 0.497 e. The molecule has 1 aliphatic heterocycles. The highest BCUT2D eigenvalue weighted by Gasteiger charge is 2.28. The highest BCUT2D eigenvalue weighted by atomic mass is 16.5. The Morgan fingerprint density at radius 3 is 2.48 bits per heavy atom. The van der Waals surface area contributed by atoms with Crippen molar-refractivity contribution in [1.29, 1.82) is 0 Å².